The Morgan fingerprint density at radius 2 is 2.10 bits per heavy atom. The first-order valence-electron chi connectivity index (χ1n) is 8.19. The molecule has 0 spiro atoms. The molecule has 1 nitrogen and oxygen atoms in total. The minimum absolute atomic E-state index is 0.300. The van der Waals surface area contributed by atoms with Crippen molar-refractivity contribution in [3.8, 4) is 0 Å². The first-order valence-corrected chi connectivity index (χ1v) is 8.19. The van der Waals surface area contributed by atoms with Crippen LogP contribution in [0.5, 0.6) is 0 Å². The summed E-state index contributed by atoms with van der Waals surface area (Å²) in [5.41, 5.74) is 1.48. The Bertz CT molecular complexity index is 417. The van der Waals surface area contributed by atoms with E-state index in [1.165, 1.54) is 5.57 Å². The highest BCUT2D eigenvalue weighted by atomic mass is 16.5. The predicted octanol–water partition coefficient (Wildman–Crippen LogP) is 5.36. The van der Waals surface area contributed by atoms with E-state index in [1.54, 1.807) is 0 Å². The molecule has 0 heterocycles. The Morgan fingerprint density at radius 3 is 2.75 bits per heavy atom. The van der Waals surface area contributed by atoms with Gasteiger partial charge in [-0.2, -0.15) is 0 Å². The molecule has 0 radical (unpaired) electrons. The Hall–Kier alpha value is -0.980. The highest BCUT2D eigenvalue weighted by molar-refractivity contribution is 5.31. The van der Waals surface area contributed by atoms with Gasteiger partial charge >= 0.3 is 0 Å². The van der Waals surface area contributed by atoms with Crippen molar-refractivity contribution in [3.63, 3.8) is 0 Å². The quantitative estimate of drug-likeness (QED) is 0.627. The van der Waals surface area contributed by atoms with Crippen molar-refractivity contribution >= 4 is 0 Å². The molecule has 112 valence electrons. The average Bonchev–Trinajstić information content (AvgIpc) is 2.41. The maximum Gasteiger partial charge on any atom is 0.106 e. The summed E-state index contributed by atoms with van der Waals surface area (Å²) >= 11 is 0. The number of hydrogen-bond donors (Lipinski definition) is 0. The molecule has 0 aromatic heterocycles. The van der Waals surface area contributed by atoms with Crippen molar-refractivity contribution in [3.05, 3.63) is 36.1 Å². The summed E-state index contributed by atoms with van der Waals surface area (Å²) in [6, 6.07) is 0. The van der Waals surface area contributed by atoms with Gasteiger partial charge in [-0.05, 0) is 36.2 Å². The zero-order valence-electron chi connectivity index (χ0n) is 13.7. The van der Waals surface area contributed by atoms with Crippen molar-refractivity contribution in [2.24, 2.45) is 29.6 Å². The fourth-order valence-corrected chi connectivity index (χ4v) is 3.47. The van der Waals surface area contributed by atoms with Gasteiger partial charge < -0.3 is 4.74 Å². The van der Waals surface area contributed by atoms with E-state index in [0.717, 1.165) is 18.6 Å². The zero-order chi connectivity index (χ0) is 14.9. The molecule has 0 amide bonds. The minimum atomic E-state index is 0.300. The SMILES string of the molecule is C=C(OC1CC(C)C=C2C=CC(C)C(C)C21)C(C)CC. The third-order valence-electron chi connectivity index (χ3n) is 5.32. The van der Waals surface area contributed by atoms with Gasteiger partial charge in [-0.3, -0.25) is 0 Å². The van der Waals surface area contributed by atoms with Crippen LogP contribution in [0.15, 0.2) is 36.1 Å². The number of ether oxygens (including phenoxy) is 1. The minimum Gasteiger partial charge on any atom is -0.494 e. The highest BCUT2D eigenvalue weighted by Gasteiger charge is 2.38. The van der Waals surface area contributed by atoms with Crippen LogP contribution in [0, 0.1) is 29.6 Å². The summed E-state index contributed by atoms with van der Waals surface area (Å²) in [4.78, 5) is 0. The Labute approximate surface area is 124 Å². The van der Waals surface area contributed by atoms with Crippen LogP contribution in [0.1, 0.15) is 47.5 Å². The fourth-order valence-electron chi connectivity index (χ4n) is 3.47. The normalized spacial score (nSPS) is 37.9. The van der Waals surface area contributed by atoms with Gasteiger partial charge in [0.2, 0.25) is 0 Å². The smallest absolute Gasteiger partial charge is 0.106 e. The molecule has 6 unspecified atom stereocenters. The number of rotatable bonds is 4. The third kappa shape index (κ3) is 3.02. The molecule has 0 aliphatic heterocycles. The van der Waals surface area contributed by atoms with E-state index in [9.17, 15) is 0 Å². The molecule has 2 aliphatic carbocycles. The Morgan fingerprint density at radius 1 is 1.40 bits per heavy atom. The summed E-state index contributed by atoms with van der Waals surface area (Å²) < 4.78 is 6.33. The summed E-state index contributed by atoms with van der Waals surface area (Å²) in [5, 5.41) is 0. The van der Waals surface area contributed by atoms with Gasteiger partial charge in [0.05, 0.1) is 5.76 Å². The van der Waals surface area contributed by atoms with E-state index in [0.29, 0.717) is 35.7 Å². The van der Waals surface area contributed by atoms with E-state index in [1.807, 2.05) is 0 Å². The van der Waals surface area contributed by atoms with Crippen LogP contribution in [0.25, 0.3) is 0 Å². The lowest BCUT2D eigenvalue weighted by molar-refractivity contribution is 0.0171. The van der Waals surface area contributed by atoms with Crippen LogP contribution < -0.4 is 0 Å². The van der Waals surface area contributed by atoms with Gasteiger partial charge in [-0.25, -0.2) is 0 Å². The molecule has 0 aromatic rings. The van der Waals surface area contributed by atoms with Gasteiger partial charge in [-0.15, -0.1) is 0 Å². The third-order valence-corrected chi connectivity index (χ3v) is 5.32. The topological polar surface area (TPSA) is 9.23 Å². The molecule has 0 fully saturated rings. The second-order valence-corrected chi connectivity index (χ2v) is 6.91. The van der Waals surface area contributed by atoms with Crippen molar-refractivity contribution in [2.45, 2.75) is 53.6 Å². The molecular weight excluding hydrogens is 244 g/mol. The van der Waals surface area contributed by atoms with E-state index in [4.69, 9.17) is 4.74 Å². The molecule has 0 saturated heterocycles. The van der Waals surface area contributed by atoms with Crippen molar-refractivity contribution in [1.29, 1.82) is 0 Å². The summed E-state index contributed by atoms with van der Waals surface area (Å²) in [7, 11) is 0. The van der Waals surface area contributed by atoms with E-state index >= 15 is 0 Å². The average molecular weight is 274 g/mol. The molecule has 6 atom stereocenters. The number of hydrogen-bond acceptors (Lipinski definition) is 1. The molecule has 0 bridgehead atoms. The van der Waals surface area contributed by atoms with Crippen LogP contribution >= 0.6 is 0 Å². The van der Waals surface area contributed by atoms with Crippen LogP contribution in [-0.4, -0.2) is 6.10 Å². The van der Waals surface area contributed by atoms with Crippen LogP contribution in [-0.2, 0) is 4.74 Å². The second kappa shape index (κ2) is 6.20. The van der Waals surface area contributed by atoms with Crippen LogP contribution in [0.2, 0.25) is 0 Å². The zero-order valence-corrected chi connectivity index (χ0v) is 13.7. The lowest BCUT2D eigenvalue weighted by atomic mass is 9.67. The molecule has 0 aromatic carbocycles. The van der Waals surface area contributed by atoms with Gasteiger partial charge in [0.15, 0.2) is 0 Å². The molecule has 0 N–H and O–H groups in total. The molecule has 0 saturated carbocycles. The van der Waals surface area contributed by atoms with Crippen LogP contribution in [0.3, 0.4) is 0 Å². The second-order valence-electron chi connectivity index (χ2n) is 6.91. The lowest BCUT2D eigenvalue weighted by Crippen LogP contribution is -2.38. The van der Waals surface area contributed by atoms with Gasteiger partial charge in [0.25, 0.3) is 0 Å². The first-order chi connectivity index (χ1) is 9.43. The van der Waals surface area contributed by atoms with E-state index < -0.39 is 0 Å². The van der Waals surface area contributed by atoms with Crippen molar-refractivity contribution in [2.75, 3.05) is 0 Å². The highest BCUT2D eigenvalue weighted by Crippen LogP contribution is 2.43. The maximum absolute atomic E-state index is 6.33. The largest absolute Gasteiger partial charge is 0.494 e. The Balaban J connectivity index is 2.19. The fraction of sp³-hybridized carbons (Fsp3) is 0.684. The van der Waals surface area contributed by atoms with Gasteiger partial charge in [-0.1, -0.05) is 59.4 Å². The molecule has 20 heavy (non-hydrogen) atoms. The Kier molecular flexibility index (Phi) is 4.78. The standard InChI is InChI=1S/C19H30O/c1-7-13(3)16(6)20-18-11-12(2)10-17-9-8-14(4)15(5)19(17)18/h8-10,12-15,18-19H,6-7,11H2,1-5H3. The molecule has 2 rings (SSSR count). The molecule has 1 heteroatoms. The van der Waals surface area contributed by atoms with Crippen LogP contribution in [0.4, 0.5) is 0 Å². The van der Waals surface area contributed by atoms with E-state index in [2.05, 4.69) is 59.4 Å². The summed E-state index contributed by atoms with van der Waals surface area (Å²) in [6.07, 6.45) is 9.64. The van der Waals surface area contributed by atoms with Gasteiger partial charge in [0.1, 0.15) is 6.10 Å². The lowest BCUT2D eigenvalue weighted by Gasteiger charge is -2.42. The number of fused-ring (bicyclic) bond motifs is 1. The maximum atomic E-state index is 6.33. The first kappa shape index (κ1) is 15.4. The van der Waals surface area contributed by atoms with E-state index in [-0.39, 0.29) is 0 Å². The summed E-state index contributed by atoms with van der Waals surface area (Å²) in [5.74, 6) is 3.84. The van der Waals surface area contributed by atoms with Crippen molar-refractivity contribution < 1.29 is 4.74 Å². The number of allylic oxidation sites excluding steroid dienone is 4. The molecular formula is C19H30O. The van der Waals surface area contributed by atoms with Gasteiger partial charge in [0, 0.05) is 11.8 Å². The van der Waals surface area contributed by atoms with Crippen molar-refractivity contribution in [1.82, 2.24) is 0 Å². The molecule has 2 aliphatic rings. The summed E-state index contributed by atoms with van der Waals surface area (Å²) in [6.45, 7) is 15.5. The monoisotopic (exact) mass is 274 g/mol. The predicted molar refractivity (Wildman–Crippen MR) is 86.3 cm³/mol.